The molecule has 0 bridgehead atoms. The van der Waals surface area contributed by atoms with Crippen molar-refractivity contribution < 1.29 is 4.79 Å². The maximum Gasteiger partial charge on any atom is 0.235 e. The number of hydrogen-bond donors (Lipinski definition) is 1. The van der Waals surface area contributed by atoms with Crippen LogP contribution in [0, 0.1) is 29.6 Å². The van der Waals surface area contributed by atoms with E-state index in [0.29, 0.717) is 23.0 Å². The fourth-order valence-corrected chi connectivity index (χ4v) is 6.84. The van der Waals surface area contributed by atoms with Crippen molar-refractivity contribution in [2.75, 3.05) is 11.1 Å². The number of carbonyl (C=O) groups is 1. The van der Waals surface area contributed by atoms with E-state index in [9.17, 15) is 10.1 Å². The van der Waals surface area contributed by atoms with Crippen LogP contribution in [0.25, 0.3) is 11.4 Å². The van der Waals surface area contributed by atoms with Crippen LogP contribution in [0.3, 0.4) is 0 Å². The van der Waals surface area contributed by atoms with Crippen LogP contribution in [0.2, 0.25) is 0 Å². The number of nitrogens with one attached hydrogen (secondary N) is 1. The summed E-state index contributed by atoms with van der Waals surface area (Å²) < 4.78 is 2.04. The third kappa shape index (κ3) is 5.17. The summed E-state index contributed by atoms with van der Waals surface area (Å²) in [6.07, 6.45) is 4.13. The van der Waals surface area contributed by atoms with Gasteiger partial charge < -0.3 is 9.88 Å². The standard InChI is InChI=1S/C27H33N5OS2/c1-6-27(4,5)18-12-13-20-21(15-28)25(35-22(20)14-18)29-23(33)16-34-26-31-30-24(32(26)7-2)19-11-9-8-10-17(19)3/h8-11,18H,6-7,12-14,16H2,1-5H3,(H,29,33). The van der Waals surface area contributed by atoms with Crippen molar-refractivity contribution in [1.29, 1.82) is 5.26 Å². The molecule has 0 saturated heterocycles. The van der Waals surface area contributed by atoms with Gasteiger partial charge in [0.2, 0.25) is 5.91 Å². The first-order valence-electron chi connectivity index (χ1n) is 12.3. The summed E-state index contributed by atoms with van der Waals surface area (Å²) in [6, 6.07) is 10.5. The minimum atomic E-state index is -0.126. The van der Waals surface area contributed by atoms with Crippen molar-refractivity contribution in [3.05, 3.63) is 45.8 Å². The van der Waals surface area contributed by atoms with Crippen molar-refractivity contribution in [3.63, 3.8) is 0 Å². The number of thioether (sulfide) groups is 1. The Balaban J connectivity index is 1.46. The minimum Gasteiger partial charge on any atom is -0.316 e. The lowest BCUT2D eigenvalue weighted by Crippen LogP contribution is -2.28. The zero-order valence-electron chi connectivity index (χ0n) is 21.1. The fourth-order valence-electron chi connectivity index (χ4n) is 4.74. The second-order valence-corrected chi connectivity index (χ2v) is 11.9. The van der Waals surface area contributed by atoms with E-state index in [0.717, 1.165) is 53.4 Å². The van der Waals surface area contributed by atoms with Gasteiger partial charge in [-0.2, -0.15) is 5.26 Å². The summed E-state index contributed by atoms with van der Waals surface area (Å²) in [6.45, 7) is 11.7. The molecule has 0 fully saturated rings. The Hall–Kier alpha value is -2.63. The third-order valence-corrected chi connectivity index (χ3v) is 9.53. The Morgan fingerprint density at radius 2 is 2.09 bits per heavy atom. The highest BCUT2D eigenvalue weighted by Gasteiger charge is 2.34. The van der Waals surface area contributed by atoms with Crippen LogP contribution in [0.4, 0.5) is 5.00 Å². The number of aromatic nitrogens is 3. The van der Waals surface area contributed by atoms with E-state index in [4.69, 9.17) is 0 Å². The fraction of sp³-hybridized carbons (Fsp3) is 0.481. The Labute approximate surface area is 216 Å². The molecule has 0 spiro atoms. The monoisotopic (exact) mass is 507 g/mol. The number of anilines is 1. The van der Waals surface area contributed by atoms with Gasteiger partial charge in [0.1, 0.15) is 11.1 Å². The molecule has 1 aliphatic carbocycles. The molecule has 4 rings (SSSR count). The molecule has 0 saturated carbocycles. The van der Waals surface area contributed by atoms with Gasteiger partial charge in [0.25, 0.3) is 0 Å². The second kappa shape index (κ2) is 10.5. The van der Waals surface area contributed by atoms with Crippen LogP contribution < -0.4 is 5.32 Å². The molecule has 1 aliphatic rings. The maximum atomic E-state index is 12.9. The molecular weight excluding hydrogens is 474 g/mol. The molecule has 2 aromatic heterocycles. The van der Waals surface area contributed by atoms with E-state index in [1.54, 1.807) is 11.3 Å². The zero-order chi connectivity index (χ0) is 25.2. The van der Waals surface area contributed by atoms with E-state index in [-0.39, 0.29) is 17.1 Å². The molecule has 8 heteroatoms. The highest BCUT2D eigenvalue weighted by molar-refractivity contribution is 7.99. The van der Waals surface area contributed by atoms with Gasteiger partial charge in [-0.3, -0.25) is 4.79 Å². The molecule has 1 unspecified atom stereocenters. The van der Waals surface area contributed by atoms with E-state index in [1.807, 2.05) is 22.8 Å². The Bertz CT molecular complexity index is 1270. The number of carbonyl (C=O) groups excluding carboxylic acids is 1. The summed E-state index contributed by atoms with van der Waals surface area (Å²) in [7, 11) is 0. The molecule has 184 valence electrons. The van der Waals surface area contributed by atoms with Gasteiger partial charge in [0.15, 0.2) is 11.0 Å². The predicted molar refractivity (Wildman–Crippen MR) is 144 cm³/mol. The number of thiophene rings is 1. The van der Waals surface area contributed by atoms with E-state index in [1.165, 1.54) is 16.6 Å². The summed E-state index contributed by atoms with van der Waals surface area (Å²) in [5, 5.41) is 23.0. The van der Waals surface area contributed by atoms with Gasteiger partial charge in [0.05, 0.1) is 11.3 Å². The minimum absolute atomic E-state index is 0.126. The number of hydrogen-bond acceptors (Lipinski definition) is 6. The quantitative estimate of drug-likeness (QED) is 0.353. The smallest absolute Gasteiger partial charge is 0.235 e. The van der Waals surface area contributed by atoms with E-state index in [2.05, 4.69) is 62.3 Å². The number of amides is 1. The van der Waals surface area contributed by atoms with Crippen LogP contribution in [0.15, 0.2) is 29.4 Å². The lowest BCUT2D eigenvalue weighted by Gasteiger charge is -2.36. The van der Waals surface area contributed by atoms with Gasteiger partial charge in [-0.1, -0.05) is 63.2 Å². The van der Waals surface area contributed by atoms with Gasteiger partial charge in [-0.05, 0) is 55.6 Å². The Kier molecular flexibility index (Phi) is 7.67. The van der Waals surface area contributed by atoms with Crippen molar-refractivity contribution in [2.45, 2.75) is 72.0 Å². The lowest BCUT2D eigenvalue weighted by atomic mass is 9.69. The molecule has 1 N–H and O–H groups in total. The largest absolute Gasteiger partial charge is 0.316 e. The zero-order valence-corrected chi connectivity index (χ0v) is 22.8. The molecule has 1 aromatic carbocycles. The normalized spacial score (nSPS) is 15.5. The average molecular weight is 508 g/mol. The third-order valence-electron chi connectivity index (χ3n) is 7.40. The summed E-state index contributed by atoms with van der Waals surface area (Å²) >= 11 is 2.96. The summed E-state index contributed by atoms with van der Waals surface area (Å²) in [5.74, 6) is 1.51. The van der Waals surface area contributed by atoms with Crippen molar-refractivity contribution in [1.82, 2.24) is 14.8 Å². The lowest BCUT2D eigenvalue weighted by molar-refractivity contribution is -0.113. The molecule has 1 atom stereocenters. The van der Waals surface area contributed by atoms with Crippen LogP contribution in [0.1, 0.15) is 62.1 Å². The molecule has 0 radical (unpaired) electrons. The molecule has 1 amide bonds. The van der Waals surface area contributed by atoms with Gasteiger partial charge >= 0.3 is 0 Å². The molecule has 0 aliphatic heterocycles. The number of benzene rings is 1. The topological polar surface area (TPSA) is 83.6 Å². The SMILES string of the molecule is CCn1c(SCC(=O)Nc2sc3c(c2C#N)CCC(C(C)(C)CC)C3)nnc1-c1ccccc1C. The number of rotatable bonds is 8. The van der Waals surface area contributed by atoms with Crippen LogP contribution in [-0.4, -0.2) is 26.4 Å². The summed E-state index contributed by atoms with van der Waals surface area (Å²) in [4.78, 5) is 14.1. The first kappa shape index (κ1) is 25.5. The van der Waals surface area contributed by atoms with Gasteiger partial charge in [-0.15, -0.1) is 21.5 Å². The van der Waals surface area contributed by atoms with Crippen LogP contribution >= 0.6 is 23.1 Å². The predicted octanol–water partition coefficient (Wildman–Crippen LogP) is 6.48. The average Bonchev–Trinajstić information content (AvgIpc) is 3.42. The first-order valence-corrected chi connectivity index (χ1v) is 14.1. The van der Waals surface area contributed by atoms with Gasteiger partial charge in [-0.25, -0.2) is 0 Å². The first-order chi connectivity index (χ1) is 16.8. The van der Waals surface area contributed by atoms with Crippen molar-refractivity contribution in [2.24, 2.45) is 11.3 Å². The van der Waals surface area contributed by atoms with E-state index < -0.39 is 0 Å². The molecular formula is C27H33N5OS2. The maximum absolute atomic E-state index is 12.9. The van der Waals surface area contributed by atoms with Crippen molar-refractivity contribution in [3.8, 4) is 17.5 Å². The highest BCUT2D eigenvalue weighted by Crippen LogP contribution is 2.45. The molecule has 35 heavy (non-hydrogen) atoms. The van der Waals surface area contributed by atoms with Crippen LogP contribution in [-0.2, 0) is 24.2 Å². The Morgan fingerprint density at radius 1 is 1.31 bits per heavy atom. The van der Waals surface area contributed by atoms with Crippen LogP contribution in [0.5, 0.6) is 0 Å². The summed E-state index contributed by atoms with van der Waals surface area (Å²) in [5.41, 5.74) is 4.25. The number of fused-ring (bicyclic) bond motifs is 1. The molecule has 3 aromatic rings. The van der Waals surface area contributed by atoms with Crippen molar-refractivity contribution >= 4 is 34.0 Å². The molecule has 2 heterocycles. The Morgan fingerprint density at radius 3 is 2.77 bits per heavy atom. The number of nitriles is 1. The number of nitrogens with zero attached hydrogens (tertiary/aromatic N) is 4. The molecule has 6 nitrogen and oxygen atoms in total. The second-order valence-electron chi connectivity index (χ2n) is 9.80. The number of aryl methyl sites for hydroxylation is 1. The van der Waals surface area contributed by atoms with E-state index >= 15 is 0 Å². The highest BCUT2D eigenvalue weighted by atomic mass is 32.2. The van der Waals surface area contributed by atoms with Gasteiger partial charge in [0, 0.05) is 17.0 Å².